The quantitative estimate of drug-likeness (QED) is 0.539. The molecule has 1 atom stereocenters. The van der Waals surface area contributed by atoms with Crippen molar-refractivity contribution in [1.82, 2.24) is 0 Å². The Labute approximate surface area is 109 Å². The largest absolute Gasteiger partial charge is 0.467 e. The first kappa shape index (κ1) is 18.1. The summed E-state index contributed by atoms with van der Waals surface area (Å²) in [6.45, 7) is 3.52. The van der Waals surface area contributed by atoms with Crippen molar-refractivity contribution >= 4 is 5.97 Å². The van der Waals surface area contributed by atoms with Gasteiger partial charge in [-0.2, -0.15) is 13.2 Å². The van der Waals surface area contributed by atoms with Gasteiger partial charge in [0.05, 0.1) is 13.7 Å². The van der Waals surface area contributed by atoms with Gasteiger partial charge in [-0.15, -0.1) is 0 Å². The summed E-state index contributed by atoms with van der Waals surface area (Å²) in [4.78, 5) is 11.1. The maximum atomic E-state index is 12.6. The second-order valence-electron chi connectivity index (χ2n) is 4.99. The second kappa shape index (κ2) is 6.53. The van der Waals surface area contributed by atoms with E-state index in [1.165, 1.54) is 0 Å². The van der Waals surface area contributed by atoms with Crippen LogP contribution in [0.5, 0.6) is 0 Å². The molecular formula is C11H20F3NO4. The predicted octanol–water partition coefficient (Wildman–Crippen LogP) is 0.987. The van der Waals surface area contributed by atoms with Crippen molar-refractivity contribution in [2.24, 2.45) is 5.73 Å². The molecule has 0 aliphatic carbocycles. The average molecular weight is 287 g/mol. The van der Waals surface area contributed by atoms with E-state index >= 15 is 0 Å². The molecule has 5 nitrogen and oxygen atoms in total. The van der Waals surface area contributed by atoms with Gasteiger partial charge in [-0.1, -0.05) is 0 Å². The molecule has 0 bridgehead atoms. The molecule has 114 valence electrons. The third kappa shape index (κ3) is 5.75. The zero-order valence-electron chi connectivity index (χ0n) is 11.2. The summed E-state index contributed by atoms with van der Waals surface area (Å²) in [5.41, 5.74) is 1.52. The summed E-state index contributed by atoms with van der Waals surface area (Å²) < 4.78 is 46.9. The summed E-state index contributed by atoms with van der Waals surface area (Å²) in [5, 5.41) is 9.40. The van der Waals surface area contributed by atoms with Gasteiger partial charge in [0.2, 0.25) is 0 Å². The number of methoxy groups -OCH3 is 1. The number of hydrogen-bond donors (Lipinski definition) is 2. The summed E-state index contributed by atoms with van der Waals surface area (Å²) >= 11 is 0. The standard InChI is InChI=1S/C11H20F3NO4/c1-9(2,15)7-19-6-4-5-10(17,8(16)18-3)11(12,13)14/h17H,4-7,15H2,1-3H3. The molecule has 8 heteroatoms. The molecule has 1 unspecified atom stereocenters. The Kier molecular flexibility index (Phi) is 6.24. The Hall–Kier alpha value is -0.860. The van der Waals surface area contributed by atoms with E-state index in [4.69, 9.17) is 10.5 Å². The van der Waals surface area contributed by atoms with Crippen molar-refractivity contribution in [2.75, 3.05) is 20.3 Å². The molecule has 0 heterocycles. The van der Waals surface area contributed by atoms with Gasteiger partial charge in [0.25, 0.3) is 5.60 Å². The molecular weight excluding hydrogens is 267 g/mol. The van der Waals surface area contributed by atoms with Crippen LogP contribution >= 0.6 is 0 Å². The van der Waals surface area contributed by atoms with Crippen LogP contribution in [0.3, 0.4) is 0 Å². The maximum Gasteiger partial charge on any atom is 0.428 e. The van der Waals surface area contributed by atoms with Gasteiger partial charge < -0.3 is 20.3 Å². The van der Waals surface area contributed by atoms with Crippen molar-refractivity contribution < 1.29 is 32.5 Å². The summed E-state index contributed by atoms with van der Waals surface area (Å²) in [5.74, 6) is -1.72. The Morgan fingerprint density at radius 2 is 1.84 bits per heavy atom. The fraction of sp³-hybridized carbons (Fsp3) is 0.909. The van der Waals surface area contributed by atoms with E-state index in [1.807, 2.05) is 0 Å². The Bertz CT molecular complexity index is 301. The van der Waals surface area contributed by atoms with Crippen LogP contribution in [0.15, 0.2) is 0 Å². The van der Waals surface area contributed by atoms with Crippen LogP contribution in [0.4, 0.5) is 13.2 Å². The number of aliphatic hydroxyl groups is 1. The maximum absolute atomic E-state index is 12.6. The lowest BCUT2D eigenvalue weighted by Crippen LogP contribution is -2.52. The van der Waals surface area contributed by atoms with Crippen LogP contribution in [0, 0.1) is 0 Å². The number of carbonyl (C=O) groups is 1. The molecule has 0 aromatic rings. The summed E-state index contributed by atoms with van der Waals surface area (Å²) in [6, 6.07) is 0. The summed E-state index contributed by atoms with van der Waals surface area (Å²) in [7, 11) is 0.784. The van der Waals surface area contributed by atoms with E-state index in [0.717, 1.165) is 7.11 Å². The van der Waals surface area contributed by atoms with Crippen LogP contribution in [0.25, 0.3) is 0 Å². The lowest BCUT2D eigenvalue weighted by Gasteiger charge is -2.27. The van der Waals surface area contributed by atoms with Gasteiger partial charge in [0, 0.05) is 12.1 Å². The fourth-order valence-electron chi connectivity index (χ4n) is 1.29. The van der Waals surface area contributed by atoms with E-state index in [2.05, 4.69) is 4.74 Å². The smallest absolute Gasteiger partial charge is 0.428 e. The third-order valence-corrected chi connectivity index (χ3v) is 2.29. The fourth-order valence-corrected chi connectivity index (χ4v) is 1.29. The van der Waals surface area contributed by atoms with Crippen molar-refractivity contribution in [1.29, 1.82) is 0 Å². The first-order valence-electron chi connectivity index (χ1n) is 5.68. The monoisotopic (exact) mass is 287 g/mol. The first-order valence-corrected chi connectivity index (χ1v) is 5.68. The molecule has 0 radical (unpaired) electrons. The van der Waals surface area contributed by atoms with Crippen molar-refractivity contribution in [3.8, 4) is 0 Å². The number of alkyl halides is 3. The summed E-state index contributed by atoms with van der Waals surface area (Å²) in [6.07, 6.45) is -6.07. The minimum absolute atomic E-state index is 0.0456. The normalized spacial score (nSPS) is 16.0. The molecule has 0 spiro atoms. The topological polar surface area (TPSA) is 81.8 Å². The highest BCUT2D eigenvalue weighted by Gasteiger charge is 2.60. The minimum atomic E-state index is -5.09. The number of rotatable bonds is 7. The molecule has 0 aromatic heterocycles. The molecule has 0 fully saturated rings. The van der Waals surface area contributed by atoms with E-state index in [1.54, 1.807) is 13.8 Å². The van der Waals surface area contributed by atoms with Crippen LogP contribution in [-0.4, -0.2) is 48.7 Å². The van der Waals surface area contributed by atoms with Gasteiger partial charge in [-0.05, 0) is 26.7 Å². The molecule has 0 rings (SSSR count). The van der Waals surface area contributed by atoms with E-state index in [0.29, 0.717) is 0 Å². The molecule has 0 amide bonds. The van der Waals surface area contributed by atoms with Gasteiger partial charge in [0.1, 0.15) is 0 Å². The second-order valence-corrected chi connectivity index (χ2v) is 4.99. The van der Waals surface area contributed by atoms with Crippen molar-refractivity contribution in [3.63, 3.8) is 0 Å². The van der Waals surface area contributed by atoms with Crippen LogP contribution < -0.4 is 5.73 Å². The highest BCUT2D eigenvalue weighted by molar-refractivity contribution is 5.80. The number of hydrogen-bond acceptors (Lipinski definition) is 5. The molecule has 0 aliphatic heterocycles. The lowest BCUT2D eigenvalue weighted by atomic mass is 9.97. The van der Waals surface area contributed by atoms with Crippen LogP contribution in [0.1, 0.15) is 26.7 Å². The number of carbonyl (C=O) groups excluding carboxylic acids is 1. The number of halogens is 3. The molecule has 0 aliphatic rings. The van der Waals surface area contributed by atoms with E-state index < -0.39 is 29.7 Å². The SMILES string of the molecule is COC(=O)C(O)(CCCOCC(C)(C)N)C(F)(F)F. The number of nitrogens with two attached hydrogens (primary N) is 1. The van der Waals surface area contributed by atoms with E-state index in [-0.39, 0.29) is 19.6 Å². The number of ether oxygens (including phenoxy) is 2. The van der Waals surface area contributed by atoms with Gasteiger partial charge in [-0.25, -0.2) is 4.79 Å². The number of esters is 1. The van der Waals surface area contributed by atoms with Crippen molar-refractivity contribution in [2.45, 2.75) is 44.0 Å². The van der Waals surface area contributed by atoms with Gasteiger partial charge in [-0.3, -0.25) is 0 Å². The van der Waals surface area contributed by atoms with Crippen LogP contribution in [0.2, 0.25) is 0 Å². The van der Waals surface area contributed by atoms with Crippen LogP contribution in [-0.2, 0) is 14.3 Å². The zero-order chi connectivity index (χ0) is 15.3. The lowest BCUT2D eigenvalue weighted by molar-refractivity contribution is -0.264. The van der Waals surface area contributed by atoms with Crippen molar-refractivity contribution in [3.05, 3.63) is 0 Å². The Balaban J connectivity index is 4.35. The minimum Gasteiger partial charge on any atom is -0.467 e. The molecule has 0 aromatic carbocycles. The Morgan fingerprint density at radius 1 is 1.32 bits per heavy atom. The highest BCUT2D eigenvalue weighted by Crippen LogP contribution is 2.35. The third-order valence-electron chi connectivity index (χ3n) is 2.29. The van der Waals surface area contributed by atoms with Gasteiger partial charge >= 0.3 is 12.1 Å². The average Bonchev–Trinajstić information content (AvgIpc) is 2.24. The van der Waals surface area contributed by atoms with E-state index in [9.17, 15) is 23.1 Å². The Morgan fingerprint density at radius 3 is 2.21 bits per heavy atom. The zero-order valence-corrected chi connectivity index (χ0v) is 11.2. The first-order chi connectivity index (χ1) is 8.44. The van der Waals surface area contributed by atoms with Gasteiger partial charge in [0.15, 0.2) is 0 Å². The molecule has 3 N–H and O–H groups in total. The molecule has 0 saturated carbocycles. The molecule has 19 heavy (non-hydrogen) atoms. The predicted molar refractivity (Wildman–Crippen MR) is 61.3 cm³/mol. The highest BCUT2D eigenvalue weighted by atomic mass is 19.4. The molecule has 0 saturated heterocycles.